The van der Waals surface area contributed by atoms with Crippen molar-refractivity contribution in [3.63, 3.8) is 0 Å². The number of aliphatic hydroxyl groups excluding tert-OH is 3. The van der Waals surface area contributed by atoms with E-state index in [1.165, 1.54) is 68.7 Å². The fourth-order valence-corrected chi connectivity index (χ4v) is 5.79. The molecule has 5 aliphatic rings. The van der Waals surface area contributed by atoms with Gasteiger partial charge in [0.15, 0.2) is 0 Å². The molecule has 0 aromatic rings. The van der Waals surface area contributed by atoms with E-state index in [2.05, 4.69) is 0 Å². The number of rotatable bonds is 10. The predicted octanol–water partition coefficient (Wildman–Crippen LogP) is 2.85. The largest absolute Gasteiger partial charge is 0.480 e. The molecule has 1 aliphatic carbocycles. The van der Waals surface area contributed by atoms with Gasteiger partial charge in [0.05, 0.1) is 18.6 Å². The zero-order chi connectivity index (χ0) is 38.4. The Morgan fingerprint density at radius 2 is 1.28 bits per heavy atom. The van der Waals surface area contributed by atoms with Crippen LogP contribution in [0.5, 0.6) is 0 Å². The lowest BCUT2D eigenvalue weighted by Crippen LogP contribution is -2.57. The molecule has 2 saturated heterocycles. The van der Waals surface area contributed by atoms with Crippen LogP contribution in [0.1, 0.15) is 46.0 Å². The average Bonchev–Trinajstić information content (AvgIpc) is 3.08. The van der Waals surface area contributed by atoms with Crippen molar-refractivity contribution in [3.05, 3.63) is 94.9 Å². The maximum Gasteiger partial charge on any atom is 0.348 e. The van der Waals surface area contributed by atoms with Crippen LogP contribution in [0.3, 0.4) is 0 Å². The van der Waals surface area contributed by atoms with Gasteiger partial charge in [0.1, 0.15) is 29.9 Å². The molecule has 1 saturated carbocycles. The van der Waals surface area contributed by atoms with Gasteiger partial charge in [-0.2, -0.15) is 0 Å². The SMILES string of the molecule is CCC1(CO)OC(=O)C(C=CC=CC=C2C(=O)OC3(CCCC4(C3)OCC(=CC=CC=CC3=C(O)OC(C)(COC)OC3=O)C(=O)O4)OC2=O)=C(O)O1. The molecule has 3 unspecified atom stereocenters. The molecule has 284 valence electrons. The van der Waals surface area contributed by atoms with Gasteiger partial charge in [-0.15, -0.1) is 0 Å². The average molecular weight is 743 g/mol. The Bertz CT molecular complexity index is 1760. The minimum Gasteiger partial charge on any atom is -0.480 e. The van der Waals surface area contributed by atoms with Crippen LogP contribution in [0.2, 0.25) is 0 Å². The van der Waals surface area contributed by atoms with Crippen LogP contribution in [0.15, 0.2) is 94.9 Å². The first kappa shape index (κ1) is 38.6. The maximum atomic E-state index is 12.9. The standard InChI is InChI=1S/C36H38O17/c1-4-34(20-37)50-29(41)24(30(42)51-34)14-9-6-10-15-25-31(43)52-36(53-32(25)44)17-11-16-35(19-36)46-18-22(26(38)49-35)12-7-5-8-13-23-27(39)47-33(2,21-45-3)48-28(23)40/h5-10,12-15,37,39,41H,4,11,16-21H2,1-3H3. The summed E-state index contributed by atoms with van der Waals surface area (Å²) >= 11 is 0. The van der Waals surface area contributed by atoms with E-state index in [-0.39, 0.29) is 55.6 Å². The van der Waals surface area contributed by atoms with Gasteiger partial charge in [-0.3, -0.25) is 0 Å². The van der Waals surface area contributed by atoms with E-state index in [0.717, 1.165) is 6.08 Å². The molecule has 17 nitrogen and oxygen atoms in total. The van der Waals surface area contributed by atoms with E-state index in [9.17, 15) is 39.3 Å². The van der Waals surface area contributed by atoms with Gasteiger partial charge in [0, 0.05) is 33.3 Å². The lowest BCUT2D eigenvalue weighted by Gasteiger charge is -2.47. The van der Waals surface area contributed by atoms with E-state index < -0.39 is 77.1 Å². The van der Waals surface area contributed by atoms with Gasteiger partial charge >= 0.3 is 29.8 Å². The lowest BCUT2D eigenvalue weighted by molar-refractivity contribution is -0.316. The molecule has 4 heterocycles. The molecular weight excluding hydrogens is 704 g/mol. The quantitative estimate of drug-likeness (QED) is 0.0961. The smallest absolute Gasteiger partial charge is 0.348 e. The van der Waals surface area contributed by atoms with Crippen molar-refractivity contribution in [2.45, 2.75) is 69.1 Å². The maximum absolute atomic E-state index is 12.9. The summed E-state index contributed by atoms with van der Waals surface area (Å²) in [6.07, 6.45) is 13.9. The minimum atomic E-state index is -1.74. The zero-order valence-electron chi connectivity index (χ0n) is 29.0. The highest BCUT2D eigenvalue weighted by atomic mass is 16.8. The highest BCUT2D eigenvalue weighted by molar-refractivity contribution is 6.15. The van der Waals surface area contributed by atoms with E-state index in [0.29, 0.717) is 6.42 Å². The Morgan fingerprint density at radius 3 is 1.85 bits per heavy atom. The summed E-state index contributed by atoms with van der Waals surface area (Å²) in [7, 11) is 1.39. The van der Waals surface area contributed by atoms with Crippen molar-refractivity contribution in [3.8, 4) is 0 Å². The number of aliphatic hydroxyl groups is 3. The molecule has 4 aliphatic heterocycles. The summed E-state index contributed by atoms with van der Waals surface area (Å²) in [4.78, 5) is 63.4. The van der Waals surface area contributed by atoms with E-state index in [1.54, 1.807) is 6.92 Å². The van der Waals surface area contributed by atoms with Gasteiger partial charge in [-0.25, -0.2) is 24.0 Å². The van der Waals surface area contributed by atoms with Crippen LogP contribution in [-0.2, 0) is 66.6 Å². The summed E-state index contributed by atoms with van der Waals surface area (Å²) in [6.45, 7) is 2.11. The molecule has 3 fully saturated rings. The number of cyclic esters (lactones) is 2. The van der Waals surface area contributed by atoms with Crippen molar-refractivity contribution in [2.24, 2.45) is 0 Å². The van der Waals surface area contributed by atoms with Gasteiger partial charge in [0.2, 0.25) is 5.79 Å². The lowest BCUT2D eigenvalue weighted by atomic mass is 9.87. The van der Waals surface area contributed by atoms with Gasteiger partial charge in [0.25, 0.3) is 29.3 Å². The molecule has 5 rings (SSSR count). The fourth-order valence-electron chi connectivity index (χ4n) is 5.79. The van der Waals surface area contributed by atoms with Crippen molar-refractivity contribution in [1.82, 2.24) is 0 Å². The first-order valence-electron chi connectivity index (χ1n) is 16.4. The highest BCUT2D eigenvalue weighted by Gasteiger charge is 2.57. The number of methoxy groups -OCH3 is 1. The number of allylic oxidation sites excluding steroid dienone is 8. The van der Waals surface area contributed by atoms with E-state index >= 15 is 0 Å². The summed E-state index contributed by atoms with van der Waals surface area (Å²) in [6, 6.07) is 0. The molecule has 0 radical (unpaired) electrons. The predicted molar refractivity (Wildman–Crippen MR) is 175 cm³/mol. The van der Waals surface area contributed by atoms with Crippen molar-refractivity contribution < 1.29 is 81.9 Å². The van der Waals surface area contributed by atoms with Crippen molar-refractivity contribution in [1.29, 1.82) is 0 Å². The zero-order valence-corrected chi connectivity index (χ0v) is 29.0. The third kappa shape index (κ3) is 8.54. The van der Waals surface area contributed by atoms with Crippen LogP contribution < -0.4 is 0 Å². The summed E-state index contributed by atoms with van der Waals surface area (Å²) < 4.78 is 48.3. The second-order valence-electron chi connectivity index (χ2n) is 12.5. The third-order valence-electron chi connectivity index (χ3n) is 8.48. The summed E-state index contributed by atoms with van der Waals surface area (Å²) in [5.41, 5.74) is -0.799. The molecule has 53 heavy (non-hydrogen) atoms. The normalized spacial score (nSPS) is 31.7. The van der Waals surface area contributed by atoms with Crippen LogP contribution in [-0.4, -0.2) is 95.2 Å². The number of esters is 5. The minimum absolute atomic E-state index is 0.0928. The topological polar surface area (TPSA) is 229 Å². The van der Waals surface area contributed by atoms with Gasteiger partial charge in [-0.05, 0) is 30.7 Å². The second kappa shape index (κ2) is 15.5. The van der Waals surface area contributed by atoms with Crippen LogP contribution in [0, 0.1) is 0 Å². The van der Waals surface area contributed by atoms with Gasteiger partial charge < -0.3 is 58.0 Å². The van der Waals surface area contributed by atoms with E-state index in [4.69, 9.17) is 42.6 Å². The van der Waals surface area contributed by atoms with Crippen LogP contribution >= 0.6 is 0 Å². The summed E-state index contributed by atoms with van der Waals surface area (Å²) in [5, 5.41) is 29.7. The van der Waals surface area contributed by atoms with E-state index in [1.807, 2.05) is 0 Å². The number of ether oxygens (including phenoxy) is 9. The molecule has 0 amide bonds. The molecule has 2 spiro atoms. The Hall–Kier alpha value is -5.65. The van der Waals surface area contributed by atoms with Crippen LogP contribution in [0.4, 0.5) is 0 Å². The Labute approximate surface area is 302 Å². The van der Waals surface area contributed by atoms with Crippen molar-refractivity contribution >= 4 is 29.8 Å². The Kier molecular flexibility index (Phi) is 11.3. The molecule has 3 N–H and O–H groups in total. The summed E-state index contributed by atoms with van der Waals surface area (Å²) in [5.74, 6) is -12.2. The fraction of sp³-hybridized carbons (Fsp3) is 0.417. The Morgan fingerprint density at radius 1 is 0.698 bits per heavy atom. The Balaban J connectivity index is 1.16. The first-order valence-corrected chi connectivity index (χ1v) is 16.4. The number of carbonyl (C=O) groups excluding carboxylic acids is 5. The number of hydrogen-bond donors (Lipinski definition) is 3. The van der Waals surface area contributed by atoms with Crippen molar-refractivity contribution in [2.75, 3.05) is 26.9 Å². The number of hydrogen-bond acceptors (Lipinski definition) is 17. The molecule has 0 bridgehead atoms. The first-order chi connectivity index (χ1) is 25.2. The molecule has 0 aromatic carbocycles. The number of carbonyl (C=O) groups is 5. The van der Waals surface area contributed by atoms with Gasteiger partial charge in [-0.1, -0.05) is 43.4 Å². The molecule has 3 atom stereocenters. The second-order valence-corrected chi connectivity index (χ2v) is 12.5. The molecular formula is C36H38O17. The molecule has 0 aromatic heterocycles. The highest BCUT2D eigenvalue weighted by Crippen LogP contribution is 2.46. The third-order valence-corrected chi connectivity index (χ3v) is 8.48. The van der Waals surface area contributed by atoms with Crippen LogP contribution in [0.25, 0.3) is 0 Å². The molecule has 17 heteroatoms. The monoisotopic (exact) mass is 742 g/mol.